The van der Waals surface area contributed by atoms with Crippen LogP contribution in [0.1, 0.15) is 49.5 Å². The van der Waals surface area contributed by atoms with Gasteiger partial charge in [-0.25, -0.2) is 0 Å². The van der Waals surface area contributed by atoms with Gasteiger partial charge in [0, 0.05) is 34.8 Å². The lowest BCUT2D eigenvalue weighted by Crippen LogP contribution is -2.34. The molecule has 0 aliphatic heterocycles. The SMILES string of the molecule is CC1CCCC(N(C)Cc2cc(C#CCCO)cs2)C1. The highest BCUT2D eigenvalue weighted by atomic mass is 32.1. The topological polar surface area (TPSA) is 23.5 Å². The number of rotatable bonds is 4. The smallest absolute Gasteiger partial charge is 0.0540 e. The van der Waals surface area contributed by atoms with Crippen LogP contribution in [0.25, 0.3) is 0 Å². The summed E-state index contributed by atoms with van der Waals surface area (Å²) in [5.41, 5.74) is 1.09. The quantitative estimate of drug-likeness (QED) is 0.858. The molecule has 1 saturated carbocycles. The summed E-state index contributed by atoms with van der Waals surface area (Å²) < 4.78 is 0. The monoisotopic (exact) mass is 291 g/mol. The van der Waals surface area contributed by atoms with Crippen LogP contribution in [0.15, 0.2) is 11.4 Å². The Morgan fingerprint density at radius 3 is 3.05 bits per heavy atom. The van der Waals surface area contributed by atoms with Crippen LogP contribution in [0.3, 0.4) is 0 Å². The largest absolute Gasteiger partial charge is 0.395 e. The molecule has 0 bridgehead atoms. The first kappa shape index (κ1) is 15.6. The Labute approximate surface area is 126 Å². The van der Waals surface area contributed by atoms with E-state index in [9.17, 15) is 0 Å². The second-order valence-corrected chi connectivity index (χ2v) is 6.91. The lowest BCUT2D eigenvalue weighted by Gasteiger charge is -2.33. The van der Waals surface area contributed by atoms with Gasteiger partial charge in [-0.2, -0.15) is 0 Å². The fourth-order valence-electron chi connectivity index (χ4n) is 2.93. The van der Waals surface area contributed by atoms with Crippen molar-refractivity contribution in [1.29, 1.82) is 0 Å². The van der Waals surface area contributed by atoms with Crippen LogP contribution in [0.2, 0.25) is 0 Å². The molecule has 1 aromatic rings. The second-order valence-electron chi connectivity index (χ2n) is 5.92. The summed E-state index contributed by atoms with van der Waals surface area (Å²) in [6, 6.07) is 2.93. The van der Waals surface area contributed by atoms with Crippen molar-refractivity contribution in [3.05, 3.63) is 21.9 Å². The first-order valence-corrected chi connectivity index (χ1v) is 8.44. The van der Waals surface area contributed by atoms with Crippen LogP contribution >= 0.6 is 11.3 Å². The van der Waals surface area contributed by atoms with Crippen LogP contribution in [-0.4, -0.2) is 29.7 Å². The van der Waals surface area contributed by atoms with Gasteiger partial charge in [0.05, 0.1) is 6.61 Å². The van der Waals surface area contributed by atoms with Gasteiger partial charge in [-0.05, 0) is 31.9 Å². The Morgan fingerprint density at radius 1 is 1.45 bits per heavy atom. The zero-order valence-corrected chi connectivity index (χ0v) is 13.4. The highest BCUT2D eigenvalue weighted by Crippen LogP contribution is 2.28. The molecule has 0 saturated heterocycles. The number of aliphatic hydroxyl groups excluding tert-OH is 1. The standard InChI is InChI=1S/C17H25NOS/c1-14-6-5-8-16(10-14)18(2)12-17-11-15(13-20-17)7-3-4-9-19/h11,13-14,16,19H,4-6,8-10,12H2,1-2H3. The highest BCUT2D eigenvalue weighted by molar-refractivity contribution is 7.10. The van der Waals surface area contributed by atoms with E-state index in [1.54, 1.807) is 11.3 Å². The lowest BCUT2D eigenvalue weighted by molar-refractivity contribution is 0.159. The Hall–Kier alpha value is -0.820. The Morgan fingerprint density at radius 2 is 2.30 bits per heavy atom. The number of hydrogen-bond acceptors (Lipinski definition) is 3. The number of aliphatic hydroxyl groups is 1. The third-order valence-corrected chi connectivity index (χ3v) is 4.98. The molecule has 2 rings (SSSR count). The van der Waals surface area contributed by atoms with Gasteiger partial charge >= 0.3 is 0 Å². The third kappa shape index (κ3) is 4.63. The van der Waals surface area contributed by atoms with Crippen molar-refractivity contribution in [3.63, 3.8) is 0 Å². The maximum Gasteiger partial charge on any atom is 0.0540 e. The lowest BCUT2D eigenvalue weighted by atomic mass is 9.86. The molecule has 0 radical (unpaired) electrons. The van der Waals surface area contributed by atoms with Gasteiger partial charge in [-0.3, -0.25) is 4.90 Å². The maximum atomic E-state index is 8.73. The molecule has 0 aromatic carbocycles. The number of nitrogens with zero attached hydrogens (tertiary/aromatic N) is 1. The zero-order chi connectivity index (χ0) is 14.4. The van der Waals surface area contributed by atoms with Gasteiger partial charge in [-0.1, -0.05) is 31.6 Å². The third-order valence-electron chi connectivity index (χ3n) is 4.06. The molecule has 3 heteroatoms. The van der Waals surface area contributed by atoms with Gasteiger partial charge in [0.2, 0.25) is 0 Å². The van der Waals surface area contributed by atoms with Gasteiger partial charge < -0.3 is 5.11 Å². The van der Waals surface area contributed by atoms with Crippen molar-refractivity contribution in [3.8, 4) is 11.8 Å². The summed E-state index contributed by atoms with van der Waals surface area (Å²) in [5.74, 6) is 6.96. The molecule has 2 atom stereocenters. The average Bonchev–Trinajstić information content (AvgIpc) is 2.86. The molecule has 1 aromatic heterocycles. The molecule has 1 aliphatic rings. The molecule has 2 unspecified atom stereocenters. The molecule has 0 amide bonds. The first-order chi connectivity index (χ1) is 9.69. The van der Waals surface area contributed by atoms with E-state index >= 15 is 0 Å². The Kier molecular flexibility index (Phi) is 6.09. The van der Waals surface area contributed by atoms with Crippen LogP contribution < -0.4 is 0 Å². The Balaban J connectivity index is 1.88. The predicted octanol–water partition coefficient (Wildman–Crippen LogP) is 3.49. The van der Waals surface area contributed by atoms with Crippen molar-refractivity contribution in [1.82, 2.24) is 4.90 Å². The van der Waals surface area contributed by atoms with Crippen LogP contribution in [-0.2, 0) is 6.54 Å². The minimum Gasteiger partial charge on any atom is -0.395 e. The van der Waals surface area contributed by atoms with Gasteiger partial charge in [-0.15, -0.1) is 11.3 Å². The van der Waals surface area contributed by atoms with E-state index in [1.807, 2.05) is 0 Å². The summed E-state index contributed by atoms with van der Waals surface area (Å²) in [4.78, 5) is 3.89. The molecule has 2 nitrogen and oxygen atoms in total. The zero-order valence-electron chi connectivity index (χ0n) is 12.6. The minimum absolute atomic E-state index is 0.145. The van der Waals surface area contributed by atoms with Crippen molar-refractivity contribution < 1.29 is 5.11 Å². The molecule has 0 spiro atoms. The fourth-order valence-corrected chi connectivity index (χ4v) is 3.81. The summed E-state index contributed by atoms with van der Waals surface area (Å²) in [7, 11) is 2.25. The molecule has 1 heterocycles. The maximum absolute atomic E-state index is 8.73. The molecular formula is C17H25NOS. The molecular weight excluding hydrogens is 266 g/mol. The molecule has 110 valence electrons. The van der Waals surface area contributed by atoms with E-state index in [2.05, 4.69) is 42.2 Å². The van der Waals surface area contributed by atoms with E-state index < -0.39 is 0 Å². The van der Waals surface area contributed by atoms with Crippen molar-refractivity contribution in [2.24, 2.45) is 5.92 Å². The average molecular weight is 291 g/mol. The van der Waals surface area contributed by atoms with Crippen molar-refractivity contribution >= 4 is 11.3 Å². The summed E-state index contributed by atoms with van der Waals surface area (Å²) in [5, 5.41) is 10.8. The van der Waals surface area contributed by atoms with Crippen LogP contribution in [0.5, 0.6) is 0 Å². The molecule has 1 fully saturated rings. The number of thiophene rings is 1. The Bertz CT molecular complexity index is 471. The normalized spacial score (nSPS) is 22.6. The number of hydrogen-bond donors (Lipinski definition) is 1. The van der Waals surface area contributed by atoms with Gasteiger partial charge in [0.1, 0.15) is 0 Å². The summed E-state index contributed by atoms with van der Waals surface area (Å²) in [6.45, 7) is 3.55. The van der Waals surface area contributed by atoms with Gasteiger partial charge in [0.25, 0.3) is 0 Å². The first-order valence-electron chi connectivity index (χ1n) is 7.56. The molecule has 1 N–H and O–H groups in total. The summed E-state index contributed by atoms with van der Waals surface area (Å²) >= 11 is 1.79. The van der Waals surface area contributed by atoms with Crippen LogP contribution in [0, 0.1) is 17.8 Å². The van der Waals surface area contributed by atoms with E-state index in [1.165, 1.54) is 30.6 Å². The van der Waals surface area contributed by atoms with Gasteiger partial charge in [0.15, 0.2) is 0 Å². The fraction of sp³-hybridized carbons (Fsp3) is 0.647. The second kappa shape index (κ2) is 7.83. The minimum atomic E-state index is 0.145. The van der Waals surface area contributed by atoms with Crippen molar-refractivity contribution in [2.45, 2.75) is 51.6 Å². The molecule has 1 aliphatic carbocycles. The van der Waals surface area contributed by atoms with Crippen LogP contribution in [0.4, 0.5) is 0 Å². The van der Waals surface area contributed by atoms with E-state index in [0.717, 1.165) is 24.1 Å². The van der Waals surface area contributed by atoms with E-state index in [4.69, 9.17) is 5.11 Å². The van der Waals surface area contributed by atoms with E-state index in [-0.39, 0.29) is 6.61 Å². The van der Waals surface area contributed by atoms with E-state index in [0.29, 0.717) is 6.42 Å². The molecule has 20 heavy (non-hydrogen) atoms. The predicted molar refractivity (Wildman–Crippen MR) is 85.8 cm³/mol. The highest BCUT2D eigenvalue weighted by Gasteiger charge is 2.22. The summed E-state index contributed by atoms with van der Waals surface area (Å²) in [6.07, 6.45) is 6.01. The van der Waals surface area contributed by atoms with Crippen molar-refractivity contribution in [2.75, 3.05) is 13.7 Å².